The number of hydrogen-bond acceptors (Lipinski definition) is 2. The van der Waals surface area contributed by atoms with Crippen LogP contribution in [0.2, 0.25) is 5.02 Å². The van der Waals surface area contributed by atoms with E-state index >= 15 is 0 Å². The van der Waals surface area contributed by atoms with Gasteiger partial charge in [0.1, 0.15) is 0 Å². The number of amides is 1. The van der Waals surface area contributed by atoms with Crippen LogP contribution in [-0.2, 0) is 4.79 Å². The second kappa shape index (κ2) is 5.49. The van der Waals surface area contributed by atoms with Gasteiger partial charge in [-0.25, -0.2) is 0 Å². The number of hydrogen-bond donors (Lipinski definition) is 2. The quantitative estimate of drug-likeness (QED) is 0.900. The Hall–Kier alpha value is -0.580. The van der Waals surface area contributed by atoms with E-state index < -0.39 is 6.04 Å². The van der Waals surface area contributed by atoms with Crippen LogP contribution >= 0.6 is 27.5 Å². The van der Waals surface area contributed by atoms with Gasteiger partial charge in [-0.1, -0.05) is 34.5 Å². The van der Waals surface area contributed by atoms with Gasteiger partial charge in [-0.05, 0) is 24.6 Å². The molecule has 0 fully saturated rings. The zero-order valence-electron chi connectivity index (χ0n) is 8.26. The van der Waals surface area contributed by atoms with Crippen molar-refractivity contribution < 1.29 is 4.79 Å². The summed E-state index contributed by atoms with van der Waals surface area (Å²) in [6.07, 6.45) is 0.595. The molecule has 0 unspecified atom stereocenters. The first kappa shape index (κ1) is 12.5. The molecule has 1 atom stereocenters. The summed E-state index contributed by atoms with van der Waals surface area (Å²) in [4.78, 5) is 11.5. The Morgan fingerprint density at radius 3 is 2.93 bits per heavy atom. The lowest BCUT2D eigenvalue weighted by Crippen LogP contribution is -2.34. The minimum Gasteiger partial charge on any atom is -0.323 e. The van der Waals surface area contributed by atoms with Gasteiger partial charge < -0.3 is 11.1 Å². The molecule has 0 radical (unpaired) electrons. The third kappa shape index (κ3) is 3.48. The average Bonchev–Trinajstić information content (AvgIpc) is 2.22. The Balaban J connectivity index is 2.80. The van der Waals surface area contributed by atoms with Crippen molar-refractivity contribution in [3.63, 3.8) is 0 Å². The predicted octanol–water partition coefficient (Wildman–Crippen LogP) is 2.78. The second-order valence-corrected chi connectivity index (χ2v) is 4.45. The summed E-state index contributed by atoms with van der Waals surface area (Å²) in [5, 5.41) is 3.17. The molecule has 5 heteroatoms. The number of nitrogens with one attached hydrogen (secondary N) is 1. The zero-order valence-corrected chi connectivity index (χ0v) is 10.6. The highest BCUT2D eigenvalue weighted by atomic mass is 79.9. The maximum Gasteiger partial charge on any atom is 0.241 e. The van der Waals surface area contributed by atoms with Gasteiger partial charge in [0, 0.05) is 4.47 Å². The van der Waals surface area contributed by atoms with E-state index in [1.807, 2.05) is 6.92 Å². The lowest BCUT2D eigenvalue weighted by atomic mass is 10.2. The van der Waals surface area contributed by atoms with Crippen molar-refractivity contribution in [2.75, 3.05) is 5.32 Å². The third-order valence-corrected chi connectivity index (χ3v) is 2.79. The minimum absolute atomic E-state index is 0.225. The van der Waals surface area contributed by atoms with Crippen LogP contribution in [0.25, 0.3) is 0 Å². The van der Waals surface area contributed by atoms with Crippen LogP contribution in [0, 0.1) is 0 Å². The fourth-order valence-corrected chi connectivity index (χ4v) is 1.53. The number of carbonyl (C=O) groups is 1. The molecular formula is C10H12BrClN2O. The van der Waals surface area contributed by atoms with Gasteiger partial charge >= 0.3 is 0 Å². The van der Waals surface area contributed by atoms with Crippen molar-refractivity contribution in [1.82, 2.24) is 0 Å². The predicted molar refractivity (Wildman–Crippen MR) is 66.0 cm³/mol. The standard InChI is InChI=1S/C10H12BrClN2O/c1-2-8(13)10(15)14-9-5-6(11)3-4-7(9)12/h3-5,8H,2,13H2,1H3,(H,14,15)/t8-/m1/s1. The van der Waals surface area contributed by atoms with Crippen LogP contribution in [0.15, 0.2) is 22.7 Å². The largest absolute Gasteiger partial charge is 0.323 e. The van der Waals surface area contributed by atoms with E-state index in [4.69, 9.17) is 17.3 Å². The lowest BCUT2D eigenvalue weighted by Gasteiger charge is -2.11. The number of anilines is 1. The summed E-state index contributed by atoms with van der Waals surface area (Å²) in [5.74, 6) is -0.225. The minimum atomic E-state index is -0.500. The van der Waals surface area contributed by atoms with Crippen LogP contribution < -0.4 is 11.1 Å². The van der Waals surface area contributed by atoms with E-state index in [9.17, 15) is 4.79 Å². The molecule has 1 amide bonds. The highest BCUT2D eigenvalue weighted by molar-refractivity contribution is 9.10. The van der Waals surface area contributed by atoms with Crippen LogP contribution in [-0.4, -0.2) is 11.9 Å². The fourth-order valence-electron chi connectivity index (χ4n) is 1.00. The van der Waals surface area contributed by atoms with E-state index in [1.165, 1.54) is 0 Å². The smallest absolute Gasteiger partial charge is 0.241 e. The summed E-state index contributed by atoms with van der Waals surface area (Å²) in [6.45, 7) is 1.85. The molecule has 1 aromatic carbocycles. The SMILES string of the molecule is CC[C@@H](N)C(=O)Nc1cc(Br)ccc1Cl. The zero-order chi connectivity index (χ0) is 11.4. The fraction of sp³-hybridized carbons (Fsp3) is 0.300. The molecule has 0 spiro atoms. The van der Waals surface area contributed by atoms with Crippen LogP contribution in [0.4, 0.5) is 5.69 Å². The average molecular weight is 292 g/mol. The molecule has 0 aliphatic rings. The van der Waals surface area contributed by atoms with Gasteiger partial charge in [0.05, 0.1) is 16.8 Å². The van der Waals surface area contributed by atoms with Gasteiger partial charge in [0.25, 0.3) is 0 Å². The maximum absolute atomic E-state index is 11.5. The summed E-state index contributed by atoms with van der Waals surface area (Å²) < 4.78 is 0.854. The van der Waals surface area contributed by atoms with Crippen molar-refractivity contribution in [1.29, 1.82) is 0 Å². The van der Waals surface area contributed by atoms with Crippen molar-refractivity contribution in [3.05, 3.63) is 27.7 Å². The van der Waals surface area contributed by atoms with Gasteiger partial charge in [0.15, 0.2) is 0 Å². The molecule has 15 heavy (non-hydrogen) atoms. The topological polar surface area (TPSA) is 55.1 Å². The molecule has 3 nitrogen and oxygen atoms in total. The second-order valence-electron chi connectivity index (χ2n) is 3.13. The normalized spacial score (nSPS) is 12.3. The molecule has 0 aromatic heterocycles. The maximum atomic E-state index is 11.5. The van der Waals surface area contributed by atoms with Crippen LogP contribution in [0.3, 0.4) is 0 Å². The highest BCUT2D eigenvalue weighted by Crippen LogP contribution is 2.25. The molecular weight excluding hydrogens is 279 g/mol. The molecule has 0 bridgehead atoms. The van der Waals surface area contributed by atoms with Gasteiger partial charge in [-0.15, -0.1) is 0 Å². The van der Waals surface area contributed by atoms with Crippen molar-refractivity contribution in [3.8, 4) is 0 Å². The van der Waals surface area contributed by atoms with Gasteiger partial charge in [-0.2, -0.15) is 0 Å². The molecule has 82 valence electrons. The Bertz CT molecular complexity index is 370. The molecule has 1 rings (SSSR count). The van der Waals surface area contributed by atoms with E-state index in [2.05, 4.69) is 21.2 Å². The van der Waals surface area contributed by atoms with Crippen molar-refractivity contribution >= 4 is 39.1 Å². The van der Waals surface area contributed by atoms with Gasteiger partial charge in [-0.3, -0.25) is 4.79 Å². The number of halogens is 2. The van der Waals surface area contributed by atoms with E-state index in [1.54, 1.807) is 18.2 Å². The van der Waals surface area contributed by atoms with E-state index in [-0.39, 0.29) is 5.91 Å². The Morgan fingerprint density at radius 1 is 1.67 bits per heavy atom. The number of rotatable bonds is 3. The highest BCUT2D eigenvalue weighted by Gasteiger charge is 2.12. The van der Waals surface area contributed by atoms with Crippen molar-refractivity contribution in [2.45, 2.75) is 19.4 Å². The Labute approximate surface area is 102 Å². The molecule has 0 saturated heterocycles. The van der Waals surface area contributed by atoms with E-state index in [0.29, 0.717) is 17.1 Å². The monoisotopic (exact) mass is 290 g/mol. The van der Waals surface area contributed by atoms with Crippen LogP contribution in [0.5, 0.6) is 0 Å². The number of nitrogens with two attached hydrogens (primary N) is 1. The summed E-state index contributed by atoms with van der Waals surface area (Å²) in [7, 11) is 0. The third-order valence-electron chi connectivity index (χ3n) is 1.96. The number of benzene rings is 1. The summed E-state index contributed by atoms with van der Waals surface area (Å²) in [5.41, 5.74) is 6.15. The molecule has 0 heterocycles. The van der Waals surface area contributed by atoms with Crippen LogP contribution in [0.1, 0.15) is 13.3 Å². The molecule has 1 aromatic rings. The summed E-state index contributed by atoms with van der Waals surface area (Å²) in [6, 6.07) is 4.75. The molecule has 0 saturated carbocycles. The first-order valence-corrected chi connectivity index (χ1v) is 5.73. The van der Waals surface area contributed by atoms with E-state index in [0.717, 1.165) is 4.47 Å². The Morgan fingerprint density at radius 2 is 2.33 bits per heavy atom. The lowest BCUT2D eigenvalue weighted by molar-refractivity contribution is -0.117. The molecule has 3 N–H and O–H groups in total. The molecule has 0 aliphatic heterocycles. The van der Waals surface area contributed by atoms with Crippen molar-refractivity contribution in [2.24, 2.45) is 5.73 Å². The van der Waals surface area contributed by atoms with Gasteiger partial charge in [0.2, 0.25) is 5.91 Å². The number of carbonyl (C=O) groups excluding carboxylic acids is 1. The first-order valence-electron chi connectivity index (χ1n) is 4.56. The Kier molecular flexibility index (Phi) is 4.57. The molecule has 0 aliphatic carbocycles. The summed E-state index contributed by atoms with van der Waals surface area (Å²) >= 11 is 9.21. The first-order chi connectivity index (χ1) is 7.04.